The molecule has 2 nitrogen and oxygen atoms in total. The molecule has 0 amide bonds. The maximum absolute atomic E-state index is 13.6. The van der Waals surface area contributed by atoms with E-state index < -0.39 is 11.6 Å². The number of rotatable bonds is 5. The highest BCUT2D eigenvalue weighted by Gasteiger charge is 2.09. The highest BCUT2D eigenvalue weighted by molar-refractivity contribution is 7.99. The van der Waals surface area contributed by atoms with E-state index in [0.717, 1.165) is 16.7 Å². The van der Waals surface area contributed by atoms with Crippen molar-refractivity contribution in [1.82, 2.24) is 0 Å². The Labute approximate surface area is 126 Å². The zero-order valence-corrected chi connectivity index (χ0v) is 12.3. The van der Waals surface area contributed by atoms with Crippen LogP contribution in [-0.2, 0) is 6.54 Å². The average Bonchev–Trinajstić information content (AvgIpc) is 2.47. The van der Waals surface area contributed by atoms with Gasteiger partial charge in [-0.1, -0.05) is 19.1 Å². The normalized spacial score (nSPS) is 10.2. The summed E-state index contributed by atoms with van der Waals surface area (Å²) in [5.41, 5.74) is 1.56. The molecule has 0 aromatic heterocycles. The summed E-state index contributed by atoms with van der Waals surface area (Å²) in [6.07, 6.45) is 0. The molecule has 108 valence electrons. The Bertz CT molecular complexity index is 680. The van der Waals surface area contributed by atoms with Crippen molar-refractivity contribution in [3.63, 3.8) is 0 Å². The van der Waals surface area contributed by atoms with Crippen LogP contribution in [0, 0.1) is 23.0 Å². The molecule has 2 rings (SSSR count). The third-order valence-electron chi connectivity index (χ3n) is 2.92. The minimum Gasteiger partial charge on any atom is -0.380 e. The van der Waals surface area contributed by atoms with E-state index in [2.05, 4.69) is 11.4 Å². The fraction of sp³-hybridized carbons (Fsp3) is 0.188. The Kier molecular flexibility index (Phi) is 5.18. The second-order valence-electron chi connectivity index (χ2n) is 4.31. The molecular formula is C16H14F2N2S. The molecule has 0 spiro atoms. The van der Waals surface area contributed by atoms with Crippen molar-refractivity contribution in [1.29, 1.82) is 5.26 Å². The lowest BCUT2D eigenvalue weighted by molar-refractivity contribution is 0.574. The second kappa shape index (κ2) is 7.09. The van der Waals surface area contributed by atoms with Crippen LogP contribution in [0.3, 0.4) is 0 Å². The van der Waals surface area contributed by atoms with Gasteiger partial charge in [-0.3, -0.25) is 0 Å². The van der Waals surface area contributed by atoms with Crippen molar-refractivity contribution >= 4 is 17.4 Å². The van der Waals surface area contributed by atoms with Crippen molar-refractivity contribution < 1.29 is 8.78 Å². The summed E-state index contributed by atoms with van der Waals surface area (Å²) in [6.45, 7) is 2.21. The van der Waals surface area contributed by atoms with E-state index >= 15 is 0 Å². The van der Waals surface area contributed by atoms with Gasteiger partial charge in [0.15, 0.2) is 0 Å². The lowest BCUT2D eigenvalue weighted by Gasteiger charge is -2.11. The van der Waals surface area contributed by atoms with Crippen molar-refractivity contribution in [2.24, 2.45) is 0 Å². The number of hydrogen-bond donors (Lipinski definition) is 1. The Morgan fingerprint density at radius 3 is 2.71 bits per heavy atom. The van der Waals surface area contributed by atoms with Gasteiger partial charge in [-0.15, -0.1) is 11.8 Å². The summed E-state index contributed by atoms with van der Waals surface area (Å²) in [6, 6.07) is 11.2. The van der Waals surface area contributed by atoms with Gasteiger partial charge >= 0.3 is 0 Å². The van der Waals surface area contributed by atoms with Gasteiger partial charge < -0.3 is 5.32 Å². The van der Waals surface area contributed by atoms with Gasteiger partial charge in [-0.2, -0.15) is 5.26 Å². The molecule has 2 aromatic carbocycles. The largest absolute Gasteiger partial charge is 0.380 e. The van der Waals surface area contributed by atoms with Crippen LogP contribution in [0.25, 0.3) is 0 Å². The first-order valence-corrected chi connectivity index (χ1v) is 7.48. The number of hydrogen-bond acceptors (Lipinski definition) is 3. The molecule has 0 atom stereocenters. The van der Waals surface area contributed by atoms with Gasteiger partial charge in [-0.25, -0.2) is 8.78 Å². The molecule has 0 aliphatic rings. The van der Waals surface area contributed by atoms with Crippen molar-refractivity contribution in [3.8, 4) is 6.07 Å². The van der Waals surface area contributed by atoms with E-state index in [-0.39, 0.29) is 6.54 Å². The van der Waals surface area contributed by atoms with Crippen LogP contribution in [0.1, 0.15) is 18.1 Å². The Hall–Kier alpha value is -2.06. The molecular weight excluding hydrogens is 290 g/mol. The van der Waals surface area contributed by atoms with Gasteiger partial charge in [0.25, 0.3) is 0 Å². The summed E-state index contributed by atoms with van der Waals surface area (Å²) >= 11 is 1.58. The smallest absolute Gasteiger partial charge is 0.131 e. The molecule has 5 heteroatoms. The van der Waals surface area contributed by atoms with Crippen LogP contribution in [0.5, 0.6) is 0 Å². The lowest BCUT2D eigenvalue weighted by atomic mass is 10.1. The molecule has 0 aliphatic heterocycles. The van der Waals surface area contributed by atoms with Crippen LogP contribution in [0.4, 0.5) is 14.5 Å². The number of nitrogens with zero attached hydrogens (tertiary/aromatic N) is 1. The minimum atomic E-state index is -0.602. The summed E-state index contributed by atoms with van der Waals surface area (Å²) in [7, 11) is 0. The third-order valence-corrected chi connectivity index (χ3v) is 3.86. The first kappa shape index (κ1) is 15.3. The van der Waals surface area contributed by atoms with E-state index in [4.69, 9.17) is 0 Å². The van der Waals surface area contributed by atoms with E-state index in [9.17, 15) is 14.0 Å². The van der Waals surface area contributed by atoms with Crippen molar-refractivity contribution in [2.45, 2.75) is 18.4 Å². The Balaban J connectivity index is 2.20. The van der Waals surface area contributed by atoms with Gasteiger partial charge in [0.1, 0.15) is 17.7 Å². The number of thioether (sulfide) groups is 1. The summed E-state index contributed by atoms with van der Waals surface area (Å²) in [4.78, 5) is 0.893. The molecule has 0 aliphatic carbocycles. The zero-order chi connectivity index (χ0) is 15.2. The minimum absolute atomic E-state index is 0.195. The second-order valence-corrected chi connectivity index (χ2v) is 5.62. The van der Waals surface area contributed by atoms with Crippen molar-refractivity contribution in [2.75, 3.05) is 11.1 Å². The van der Waals surface area contributed by atoms with E-state index in [1.54, 1.807) is 17.8 Å². The number of anilines is 1. The number of nitrogens with one attached hydrogen (secondary N) is 1. The monoisotopic (exact) mass is 304 g/mol. The highest BCUT2D eigenvalue weighted by Crippen LogP contribution is 2.28. The standard InChI is InChI=1S/C16H14F2N2S/c1-2-21-16-5-3-4-15(13(16)9-19)20-10-11-6-7-12(17)8-14(11)18/h3-8,20H,2,10H2,1H3. The molecule has 0 heterocycles. The van der Waals surface area contributed by atoms with Gasteiger partial charge in [0.05, 0.1) is 11.3 Å². The predicted molar refractivity (Wildman–Crippen MR) is 81.2 cm³/mol. The van der Waals surface area contributed by atoms with Crippen LogP contribution < -0.4 is 5.32 Å². The SMILES string of the molecule is CCSc1cccc(NCc2ccc(F)cc2F)c1C#N. The fourth-order valence-corrected chi connectivity index (χ4v) is 2.71. The van der Waals surface area contributed by atoms with Gasteiger partial charge in [-0.05, 0) is 24.0 Å². The van der Waals surface area contributed by atoms with E-state index in [1.807, 2.05) is 19.1 Å². The quantitative estimate of drug-likeness (QED) is 0.823. The molecule has 1 N–H and O–H groups in total. The van der Waals surface area contributed by atoms with Crippen molar-refractivity contribution in [3.05, 3.63) is 59.2 Å². The molecule has 0 bridgehead atoms. The summed E-state index contributed by atoms with van der Waals surface area (Å²) < 4.78 is 26.4. The van der Waals surface area contributed by atoms with Crippen LogP contribution in [0.2, 0.25) is 0 Å². The topological polar surface area (TPSA) is 35.8 Å². The van der Waals surface area contributed by atoms with Crippen LogP contribution in [-0.4, -0.2) is 5.75 Å². The van der Waals surface area contributed by atoms with Gasteiger partial charge in [0, 0.05) is 23.1 Å². The number of halogens is 2. The highest BCUT2D eigenvalue weighted by atomic mass is 32.2. The maximum Gasteiger partial charge on any atom is 0.131 e. The molecule has 0 radical (unpaired) electrons. The van der Waals surface area contributed by atoms with Gasteiger partial charge in [0.2, 0.25) is 0 Å². The molecule has 0 saturated carbocycles. The van der Waals surface area contributed by atoms with Crippen LogP contribution in [0.15, 0.2) is 41.3 Å². The number of nitriles is 1. The maximum atomic E-state index is 13.6. The first-order chi connectivity index (χ1) is 10.2. The third kappa shape index (κ3) is 3.73. The number of benzene rings is 2. The molecule has 2 aromatic rings. The Morgan fingerprint density at radius 2 is 2.05 bits per heavy atom. The summed E-state index contributed by atoms with van der Waals surface area (Å²) in [5.74, 6) is -0.333. The molecule has 0 saturated heterocycles. The summed E-state index contributed by atoms with van der Waals surface area (Å²) in [5, 5.41) is 12.3. The zero-order valence-electron chi connectivity index (χ0n) is 11.5. The Morgan fingerprint density at radius 1 is 1.24 bits per heavy atom. The fourth-order valence-electron chi connectivity index (χ4n) is 1.93. The lowest BCUT2D eigenvalue weighted by Crippen LogP contribution is -2.04. The average molecular weight is 304 g/mol. The van der Waals surface area contributed by atoms with Crippen LogP contribution >= 0.6 is 11.8 Å². The molecule has 0 unspecified atom stereocenters. The molecule has 21 heavy (non-hydrogen) atoms. The predicted octanol–water partition coefficient (Wildman–Crippen LogP) is 4.56. The first-order valence-electron chi connectivity index (χ1n) is 6.49. The van der Waals surface area contributed by atoms with E-state index in [1.165, 1.54) is 12.1 Å². The van der Waals surface area contributed by atoms with E-state index in [0.29, 0.717) is 16.8 Å². The molecule has 0 fully saturated rings.